The van der Waals surface area contributed by atoms with Gasteiger partial charge in [0.15, 0.2) is 5.88 Å². The van der Waals surface area contributed by atoms with Crippen molar-refractivity contribution in [3.63, 3.8) is 0 Å². The first-order valence-corrected chi connectivity index (χ1v) is 10.2. The Kier molecular flexibility index (Phi) is 4.95. The van der Waals surface area contributed by atoms with E-state index in [1.807, 2.05) is 72.4 Å². The Balaban J connectivity index is 1.68. The molecule has 33 heavy (non-hydrogen) atoms. The lowest BCUT2D eigenvalue weighted by atomic mass is 10.0. The lowest BCUT2D eigenvalue weighted by molar-refractivity contribution is -0.384. The molecule has 8 heteroatoms. The normalized spacial score (nSPS) is 11.7. The highest BCUT2D eigenvalue weighted by Crippen LogP contribution is 2.33. The molecule has 8 nitrogen and oxygen atoms in total. The van der Waals surface area contributed by atoms with Gasteiger partial charge >= 0.3 is 0 Å². The lowest BCUT2D eigenvalue weighted by Gasteiger charge is -2.08. The monoisotopic (exact) mass is 437 g/mol. The summed E-state index contributed by atoms with van der Waals surface area (Å²) in [4.78, 5) is 23.0. The Labute approximate surface area is 188 Å². The first kappa shape index (κ1) is 20.2. The van der Waals surface area contributed by atoms with Gasteiger partial charge in [0.2, 0.25) is 0 Å². The second kappa shape index (κ2) is 8.08. The molecule has 5 rings (SSSR count). The van der Waals surface area contributed by atoms with Gasteiger partial charge in [-0.3, -0.25) is 10.1 Å². The van der Waals surface area contributed by atoms with Gasteiger partial charge in [-0.2, -0.15) is 0 Å². The number of nitrogens with zero attached hydrogens (tertiary/aromatic N) is 4. The Bertz CT molecular complexity index is 1500. The third-order valence-electron chi connectivity index (χ3n) is 5.44. The molecule has 2 heterocycles. The second-order valence-corrected chi connectivity index (χ2v) is 7.57. The van der Waals surface area contributed by atoms with Crippen LogP contribution in [0.5, 0.6) is 5.88 Å². The van der Waals surface area contributed by atoms with E-state index in [-0.39, 0.29) is 11.6 Å². The molecule has 0 aliphatic carbocycles. The molecule has 0 saturated heterocycles. The van der Waals surface area contributed by atoms with E-state index in [1.165, 1.54) is 12.1 Å². The summed E-state index contributed by atoms with van der Waals surface area (Å²) in [6.07, 6.45) is 3.63. The summed E-state index contributed by atoms with van der Waals surface area (Å²) in [5, 5.41) is 22.6. The number of H-pyrrole nitrogens is 1. The largest absolute Gasteiger partial charge is 0.494 e. The number of aliphatic imine (C=N–C) groups is 1. The number of rotatable bonds is 5. The van der Waals surface area contributed by atoms with E-state index in [1.54, 1.807) is 12.3 Å². The molecule has 2 N–H and O–H groups in total. The van der Waals surface area contributed by atoms with Crippen LogP contribution in [0.3, 0.4) is 0 Å². The van der Waals surface area contributed by atoms with Crippen molar-refractivity contribution in [3.05, 3.63) is 106 Å². The van der Waals surface area contributed by atoms with Crippen LogP contribution in [0, 0.1) is 10.1 Å². The number of imidazole rings is 1. The zero-order valence-electron chi connectivity index (χ0n) is 17.6. The van der Waals surface area contributed by atoms with Gasteiger partial charge in [0.05, 0.1) is 21.9 Å². The van der Waals surface area contributed by atoms with Crippen LogP contribution in [0.25, 0.3) is 22.3 Å². The standard InChI is InChI=1S/C25H19N5O3/c1-29-14-13-26-24(29)17-7-9-18(10-8-17)27-23(16-5-3-2-4-6-16)22-20-15-19(30(32)33)11-12-21(20)28-25(22)31/h2-15,28,31H,1H3. The summed E-state index contributed by atoms with van der Waals surface area (Å²) in [5.74, 6) is 0.744. The molecule has 2 aromatic heterocycles. The van der Waals surface area contributed by atoms with Crippen LogP contribution in [0.2, 0.25) is 0 Å². The number of aromatic amines is 1. The van der Waals surface area contributed by atoms with Gasteiger partial charge in [0.1, 0.15) is 5.82 Å². The van der Waals surface area contributed by atoms with Crippen LogP contribution in [0.4, 0.5) is 11.4 Å². The van der Waals surface area contributed by atoms with Gasteiger partial charge in [0, 0.05) is 53.6 Å². The summed E-state index contributed by atoms with van der Waals surface area (Å²) in [6.45, 7) is 0. The predicted molar refractivity (Wildman–Crippen MR) is 127 cm³/mol. The van der Waals surface area contributed by atoms with Crippen molar-refractivity contribution in [2.24, 2.45) is 12.0 Å². The number of aromatic nitrogens is 3. The van der Waals surface area contributed by atoms with E-state index in [2.05, 4.69) is 9.97 Å². The minimum Gasteiger partial charge on any atom is -0.494 e. The number of hydrogen-bond acceptors (Lipinski definition) is 5. The molecule has 0 aliphatic heterocycles. The Morgan fingerprint density at radius 3 is 2.52 bits per heavy atom. The minimum absolute atomic E-state index is 0.0606. The van der Waals surface area contributed by atoms with Crippen molar-refractivity contribution in [3.8, 4) is 17.3 Å². The maximum absolute atomic E-state index is 11.3. The average Bonchev–Trinajstić information content (AvgIpc) is 3.40. The summed E-state index contributed by atoms with van der Waals surface area (Å²) in [7, 11) is 1.93. The summed E-state index contributed by atoms with van der Waals surface area (Å²) in [6, 6.07) is 21.5. The summed E-state index contributed by atoms with van der Waals surface area (Å²) in [5.41, 5.74) is 3.83. The molecule has 0 radical (unpaired) electrons. The van der Waals surface area contributed by atoms with Crippen molar-refractivity contribution < 1.29 is 10.0 Å². The first-order valence-electron chi connectivity index (χ1n) is 10.2. The van der Waals surface area contributed by atoms with Crippen molar-refractivity contribution in [1.29, 1.82) is 0 Å². The minimum atomic E-state index is -0.455. The molecule has 0 atom stereocenters. The van der Waals surface area contributed by atoms with Gasteiger partial charge in [-0.15, -0.1) is 0 Å². The molecule has 0 spiro atoms. The quantitative estimate of drug-likeness (QED) is 0.219. The Hall–Kier alpha value is -4.72. The molecule has 0 fully saturated rings. The van der Waals surface area contributed by atoms with Crippen molar-refractivity contribution in [1.82, 2.24) is 14.5 Å². The van der Waals surface area contributed by atoms with Gasteiger partial charge in [-0.05, 0) is 30.3 Å². The number of nitrogens with one attached hydrogen (secondary N) is 1. The average molecular weight is 437 g/mol. The fourth-order valence-electron chi connectivity index (χ4n) is 3.84. The second-order valence-electron chi connectivity index (χ2n) is 7.57. The van der Waals surface area contributed by atoms with Crippen LogP contribution in [-0.4, -0.2) is 30.3 Å². The zero-order chi connectivity index (χ0) is 22.9. The number of aryl methyl sites for hydroxylation is 1. The molecule has 0 aliphatic rings. The van der Waals surface area contributed by atoms with Crippen LogP contribution >= 0.6 is 0 Å². The Morgan fingerprint density at radius 2 is 1.85 bits per heavy atom. The van der Waals surface area contributed by atoms with Crippen molar-refractivity contribution in [2.75, 3.05) is 0 Å². The van der Waals surface area contributed by atoms with E-state index >= 15 is 0 Å². The van der Waals surface area contributed by atoms with Gasteiger partial charge in [-0.25, -0.2) is 9.98 Å². The molecule has 0 unspecified atom stereocenters. The number of nitro benzene ring substituents is 1. The first-order chi connectivity index (χ1) is 16.0. The molecule has 0 amide bonds. The summed E-state index contributed by atoms with van der Waals surface area (Å²) < 4.78 is 1.94. The van der Waals surface area contributed by atoms with Crippen LogP contribution in [0.1, 0.15) is 11.1 Å². The molecule has 0 saturated carbocycles. The predicted octanol–water partition coefficient (Wildman–Crippen LogP) is 5.35. The fourth-order valence-corrected chi connectivity index (χ4v) is 3.84. The zero-order valence-corrected chi connectivity index (χ0v) is 17.6. The van der Waals surface area contributed by atoms with Crippen LogP contribution in [-0.2, 0) is 7.05 Å². The summed E-state index contributed by atoms with van der Waals surface area (Å²) >= 11 is 0. The van der Waals surface area contributed by atoms with Crippen molar-refractivity contribution >= 4 is 28.0 Å². The van der Waals surface area contributed by atoms with Crippen LogP contribution < -0.4 is 0 Å². The molecular weight excluding hydrogens is 418 g/mol. The lowest BCUT2D eigenvalue weighted by Crippen LogP contribution is -2.03. The smallest absolute Gasteiger partial charge is 0.270 e. The molecule has 5 aromatic rings. The number of hydrogen-bond donors (Lipinski definition) is 2. The van der Waals surface area contributed by atoms with E-state index < -0.39 is 4.92 Å². The highest BCUT2D eigenvalue weighted by atomic mass is 16.6. The number of benzene rings is 3. The van der Waals surface area contributed by atoms with Gasteiger partial charge in [0.25, 0.3) is 5.69 Å². The third kappa shape index (κ3) is 3.74. The number of non-ortho nitro benzene ring substituents is 1. The van der Waals surface area contributed by atoms with Gasteiger partial charge < -0.3 is 14.7 Å². The molecular formula is C25H19N5O3. The Morgan fingerprint density at radius 1 is 1.09 bits per heavy atom. The highest BCUT2D eigenvalue weighted by Gasteiger charge is 2.21. The third-order valence-corrected chi connectivity index (χ3v) is 5.44. The maximum atomic E-state index is 11.3. The number of aromatic hydroxyl groups is 1. The topological polar surface area (TPSA) is 109 Å². The maximum Gasteiger partial charge on any atom is 0.270 e. The molecule has 0 bridgehead atoms. The SMILES string of the molecule is Cn1ccnc1-c1ccc(N=C(c2ccccc2)c2c(O)[nH]c3ccc([N+](=O)[O-])cc23)cc1. The van der Waals surface area contributed by atoms with Crippen molar-refractivity contribution in [2.45, 2.75) is 0 Å². The van der Waals surface area contributed by atoms with Crippen LogP contribution in [0.15, 0.2) is 90.2 Å². The fraction of sp³-hybridized carbons (Fsp3) is 0.0400. The number of fused-ring (bicyclic) bond motifs is 1. The number of nitro groups is 1. The van der Waals surface area contributed by atoms with E-state index in [0.717, 1.165) is 17.0 Å². The molecule has 162 valence electrons. The van der Waals surface area contributed by atoms with E-state index in [9.17, 15) is 15.2 Å². The molecule has 3 aromatic carbocycles. The van der Waals surface area contributed by atoms with E-state index in [0.29, 0.717) is 27.9 Å². The van der Waals surface area contributed by atoms with Gasteiger partial charge in [-0.1, -0.05) is 30.3 Å². The highest BCUT2D eigenvalue weighted by molar-refractivity contribution is 6.22. The van der Waals surface area contributed by atoms with E-state index in [4.69, 9.17) is 4.99 Å².